The van der Waals surface area contributed by atoms with Gasteiger partial charge in [0.15, 0.2) is 6.61 Å². The molecular weight excluding hydrogens is 453 g/mol. The molecule has 0 N–H and O–H groups in total. The topological polar surface area (TPSA) is 71.6 Å². The lowest BCUT2D eigenvalue weighted by molar-refractivity contribution is -0.141. The Kier molecular flexibility index (Phi) is 9.05. The highest BCUT2D eigenvalue weighted by molar-refractivity contribution is 5.94. The molecular formula is C26H32FN3O5. The van der Waals surface area contributed by atoms with Crippen LogP contribution in [0.5, 0.6) is 5.75 Å². The lowest BCUT2D eigenvalue weighted by atomic mass is 10.1. The summed E-state index contributed by atoms with van der Waals surface area (Å²) in [4.78, 5) is 31.6. The predicted octanol–water partition coefficient (Wildman–Crippen LogP) is 1.91. The highest BCUT2D eigenvalue weighted by Crippen LogP contribution is 2.15. The van der Waals surface area contributed by atoms with Gasteiger partial charge in [-0.25, -0.2) is 4.39 Å². The van der Waals surface area contributed by atoms with Crippen molar-refractivity contribution >= 4 is 11.8 Å². The molecule has 2 heterocycles. The maximum Gasteiger partial charge on any atom is 0.260 e. The molecule has 1 unspecified atom stereocenters. The number of carbonyl (C=O) groups is 2. The van der Waals surface area contributed by atoms with E-state index >= 15 is 0 Å². The fraction of sp³-hybridized carbons (Fsp3) is 0.462. The van der Waals surface area contributed by atoms with E-state index in [-0.39, 0.29) is 36.6 Å². The van der Waals surface area contributed by atoms with E-state index in [2.05, 4.69) is 4.90 Å². The Hall–Kier alpha value is -3.01. The molecule has 35 heavy (non-hydrogen) atoms. The van der Waals surface area contributed by atoms with Crippen LogP contribution in [0.1, 0.15) is 10.4 Å². The average Bonchev–Trinajstić information content (AvgIpc) is 2.91. The van der Waals surface area contributed by atoms with Crippen molar-refractivity contribution in [3.05, 3.63) is 66.0 Å². The molecule has 0 bridgehead atoms. The standard InChI is InChI=1S/C26H32FN3O5/c27-24-9-5-4-8-23(24)26(32)30(11-10-28-12-15-33-16-13-28)19-22-18-29(14-17-34-22)25(31)20-35-21-6-2-1-3-7-21/h1-9,22H,10-20H2. The smallest absolute Gasteiger partial charge is 0.260 e. The van der Waals surface area contributed by atoms with Gasteiger partial charge in [0.1, 0.15) is 11.6 Å². The average molecular weight is 486 g/mol. The molecule has 188 valence electrons. The molecule has 0 aromatic heterocycles. The second-order valence-electron chi connectivity index (χ2n) is 8.62. The molecule has 8 nitrogen and oxygen atoms in total. The predicted molar refractivity (Wildman–Crippen MR) is 128 cm³/mol. The molecule has 0 spiro atoms. The monoisotopic (exact) mass is 485 g/mol. The number of para-hydroxylation sites is 1. The summed E-state index contributed by atoms with van der Waals surface area (Å²) in [5.41, 5.74) is 0.0366. The minimum absolute atomic E-state index is 0.0366. The van der Waals surface area contributed by atoms with Gasteiger partial charge in [0, 0.05) is 45.8 Å². The van der Waals surface area contributed by atoms with Crippen molar-refractivity contribution in [2.24, 2.45) is 0 Å². The van der Waals surface area contributed by atoms with Gasteiger partial charge in [-0.3, -0.25) is 14.5 Å². The highest BCUT2D eigenvalue weighted by Gasteiger charge is 2.29. The molecule has 2 aromatic rings. The van der Waals surface area contributed by atoms with Gasteiger partial charge in [0.2, 0.25) is 0 Å². The van der Waals surface area contributed by atoms with Crippen LogP contribution in [0.2, 0.25) is 0 Å². The quantitative estimate of drug-likeness (QED) is 0.541. The first-order chi connectivity index (χ1) is 17.1. The van der Waals surface area contributed by atoms with E-state index in [0.717, 1.165) is 13.1 Å². The first kappa shape index (κ1) is 25.1. The highest BCUT2D eigenvalue weighted by atomic mass is 19.1. The van der Waals surface area contributed by atoms with Gasteiger partial charge < -0.3 is 24.0 Å². The third-order valence-corrected chi connectivity index (χ3v) is 6.20. The van der Waals surface area contributed by atoms with E-state index < -0.39 is 5.82 Å². The Morgan fingerprint density at radius 2 is 1.74 bits per heavy atom. The molecule has 0 radical (unpaired) electrons. The molecule has 2 amide bonds. The van der Waals surface area contributed by atoms with Gasteiger partial charge in [0.05, 0.1) is 31.5 Å². The number of amides is 2. The largest absolute Gasteiger partial charge is 0.484 e. The number of halogens is 1. The second-order valence-corrected chi connectivity index (χ2v) is 8.62. The molecule has 2 aromatic carbocycles. The van der Waals surface area contributed by atoms with E-state index in [4.69, 9.17) is 14.2 Å². The summed E-state index contributed by atoms with van der Waals surface area (Å²) < 4.78 is 31.3. The van der Waals surface area contributed by atoms with Crippen LogP contribution >= 0.6 is 0 Å². The van der Waals surface area contributed by atoms with Crippen LogP contribution in [0.15, 0.2) is 54.6 Å². The summed E-state index contributed by atoms with van der Waals surface area (Å²) in [6, 6.07) is 15.2. The van der Waals surface area contributed by atoms with Crippen molar-refractivity contribution in [2.75, 3.05) is 72.2 Å². The molecule has 1 atom stereocenters. The van der Waals surface area contributed by atoms with E-state index in [9.17, 15) is 14.0 Å². The zero-order valence-electron chi connectivity index (χ0n) is 19.8. The molecule has 2 saturated heterocycles. The SMILES string of the molecule is O=C(COc1ccccc1)N1CCOC(CN(CCN2CCOCC2)C(=O)c2ccccc2F)C1. The molecule has 2 aliphatic rings. The number of carbonyl (C=O) groups excluding carboxylic acids is 2. The van der Waals surface area contributed by atoms with E-state index in [1.807, 2.05) is 18.2 Å². The number of benzene rings is 2. The Bertz CT molecular complexity index is 970. The minimum Gasteiger partial charge on any atom is -0.484 e. The van der Waals surface area contributed by atoms with Crippen molar-refractivity contribution < 1.29 is 28.2 Å². The van der Waals surface area contributed by atoms with Gasteiger partial charge in [0.25, 0.3) is 11.8 Å². The summed E-state index contributed by atoms with van der Waals surface area (Å²) in [6.07, 6.45) is -0.371. The maximum absolute atomic E-state index is 14.4. The van der Waals surface area contributed by atoms with Crippen molar-refractivity contribution in [3.8, 4) is 5.75 Å². The van der Waals surface area contributed by atoms with Gasteiger partial charge in [-0.15, -0.1) is 0 Å². The molecule has 2 aliphatic heterocycles. The Balaban J connectivity index is 1.37. The Morgan fingerprint density at radius 3 is 2.51 bits per heavy atom. The minimum atomic E-state index is -0.548. The number of hydrogen-bond donors (Lipinski definition) is 0. The maximum atomic E-state index is 14.4. The van der Waals surface area contributed by atoms with Gasteiger partial charge in [-0.05, 0) is 24.3 Å². The first-order valence-electron chi connectivity index (χ1n) is 12.0. The van der Waals surface area contributed by atoms with Gasteiger partial charge in [-0.2, -0.15) is 0 Å². The molecule has 4 rings (SSSR count). The fourth-order valence-electron chi connectivity index (χ4n) is 4.22. The van der Waals surface area contributed by atoms with E-state index in [0.29, 0.717) is 51.7 Å². The van der Waals surface area contributed by atoms with Crippen molar-refractivity contribution in [2.45, 2.75) is 6.10 Å². The van der Waals surface area contributed by atoms with Crippen LogP contribution in [0.4, 0.5) is 4.39 Å². The zero-order valence-corrected chi connectivity index (χ0v) is 19.8. The summed E-state index contributed by atoms with van der Waals surface area (Å²) in [7, 11) is 0. The summed E-state index contributed by atoms with van der Waals surface area (Å²) in [6.45, 7) is 5.38. The van der Waals surface area contributed by atoms with Crippen molar-refractivity contribution in [3.63, 3.8) is 0 Å². The number of rotatable bonds is 9. The molecule has 2 fully saturated rings. The van der Waals surface area contributed by atoms with Crippen LogP contribution < -0.4 is 4.74 Å². The Morgan fingerprint density at radius 1 is 1.00 bits per heavy atom. The number of hydrogen-bond acceptors (Lipinski definition) is 6. The number of ether oxygens (including phenoxy) is 3. The van der Waals surface area contributed by atoms with Crippen molar-refractivity contribution in [1.29, 1.82) is 0 Å². The van der Waals surface area contributed by atoms with E-state index in [1.54, 1.807) is 34.1 Å². The summed E-state index contributed by atoms with van der Waals surface area (Å²) >= 11 is 0. The lowest BCUT2D eigenvalue weighted by Crippen LogP contribution is -2.52. The fourth-order valence-corrected chi connectivity index (χ4v) is 4.22. The van der Waals surface area contributed by atoms with E-state index in [1.165, 1.54) is 12.1 Å². The van der Waals surface area contributed by atoms with Gasteiger partial charge in [-0.1, -0.05) is 30.3 Å². The van der Waals surface area contributed by atoms with Crippen molar-refractivity contribution in [1.82, 2.24) is 14.7 Å². The van der Waals surface area contributed by atoms with Gasteiger partial charge >= 0.3 is 0 Å². The van der Waals surface area contributed by atoms with Crippen LogP contribution in [0.3, 0.4) is 0 Å². The number of morpholine rings is 2. The second kappa shape index (κ2) is 12.6. The third-order valence-electron chi connectivity index (χ3n) is 6.20. The molecule has 0 aliphatic carbocycles. The van der Waals surface area contributed by atoms with Crippen LogP contribution in [0, 0.1) is 5.82 Å². The normalized spacial score (nSPS) is 18.8. The lowest BCUT2D eigenvalue weighted by Gasteiger charge is -2.36. The Labute approximate surface area is 205 Å². The summed E-state index contributed by atoms with van der Waals surface area (Å²) in [5, 5.41) is 0. The molecule has 9 heteroatoms. The molecule has 0 saturated carbocycles. The first-order valence-corrected chi connectivity index (χ1v) is 12.0. The number of nitrogens with zero attached hydrogens (tertiary/aromatic N) is 3. The van der Waals surface area contributed by atoms with Crippen LogP contribution in [-0.4, -0.2) is 105 Å². The summed E-state index contributed by atoms with van der Waals surface area (Å²) in [5.74, 6) is -0.429. The van der Waals surface area contributed by atoms with Crippen LogP contribution in [-0.2, 0) is 14.3 Å². The zero-order chi connectivity index (χ0) is 24.5. The van der Waals surface area contributed by atoms with Crippen LogP contribution in [0.25, 0.3) is 0 Å². The third kappa shape index (κ3) is 7.24.